The van der Waals surface area contributed by atoms with Crippen LogP contribution in [0, 0.1) is 0 Å². The number of rotatable bonds is 5. The SMILES string of the molecule is O=C1OC(CCOc2ccccc2)=N/C1=C/c1cccs1. The maximum absolute atomic E-state index is 11.7. The minimum absolute atomic E-state index is 0.340. The summed E-state index contributed by atoms with van der Waals surface area (Å²) in [6.07, 6.45) is 2.19. The zero-order valence-electron chi connectivity index (χ0n) is 11.2. The van der Waals surface area contributed by atoms with Crippen molar-refractivity contribution in [3.05, 3.63) is 58.4 Å². The highest BCUT2D eigenvalue weighted by Crippen LogP contribution is 2.19. The second-order valence-corrected chi connectivity index (χ2v) is 5.33. The van der Waals surface area contributed by atoms with E-state index in [0.29, 0.717) is 24.6 Å². The fourth-order valence-electron chi connectivity index (χ4n) is 1.84. The summed E-state index contributed by atoms with van der Waals surface area (Å²) >= 11 is 1.55. The van der Waals surface area contributed by atoms with E-state index in [2.05, 4.69) is 4.99 Å². The van der Waals surface area contributed by atoms with Crippen LogP contribution in [0.15, 0.2) is 58.5 Å². The van der Waals surface area contributed by atoms with Gasteiger partial charge in [-0.25, -0.2) is 9.79 Å². The molecule has 0 saturated carbocycles. The van der Waals surface area contributed by atoms with Crippen molar-refractivity contribution >= 4 is 29.3 Å². The van der Waals surface area contributed by atoms with Gasteiger partial charge in [-0.2, -0.15) is 0 Å². The van der Waals surface area contributed by atoms with Gasteiger partial charge < -0.3 is 9.47 Å². The summed E-state index contributed by atoms with van der Waals surface area (Å²) in [7, 11) is 0. The summed E-state index contributed by atoms with van der Waals surface area (Å²) in [6.45, 7) is 0.419. The van der Waals surface area contributed by atoms with Crippen LogP contribution < -0.4 is 4.74 Å². The third kappa shape index (κ3) is 3.58. The molecule has 1 aromatic carbocycles. The lowest BCUT2D eigenvalue weighted by Gasteiger charge is -2.04. The van der Waals surface area contributed by atoms with Crippen LogP contribution in [0.1, 0.15) is 11.3 Å². The second-order valence-electron chi connectivity index (χ2n) is 4.35. The molecule has 0 bridgehead atoms. The third-order valence-corrected chi connectivity index (χ3v) is 3.63. The Balaban J connectivity index is 1.58. The Bertz CT molecular complexity index is 675. The number of para-hydroxylation sites is 1. The lowest BCUT2D eigenvalue weighted by atomic mass is 10.3. The van der Waals surface area contributed by atoms with E-state index in [1.54, 1.807) is 17.4 Å². The maximum Gasteiger partial charge on any atom is 0.363 e. The van der Waals surface area contributed by atoms with Crippen LogP contribution in [-0.4, -0.2) is 18.5 Å². The number of aliphatic imine (C=N–C) groups is 1. The molecule has 1 aliphatic heterocycles. The van der Waals surface area contributed by atoms with Gasteiger partial charge in [0.25, 0.3) is 0 Å². The highest BCUT2D eigenvalue weighted by Gasteiger charge is 2.22. The molecule has 2 heterocycles. The summed E-state index contributed by atoms with van der Waals surface area (Å²) in [5.41, 5.74) is 0.340. The number of carbonyl (C=O) groups excluding carboxylic acids is 1. The molecule has 0 atom stereocenters. The van der Waals surface area contributed by atoms with E-state index in [1.165, 1.54) is 0 Å². The molecule has 0 radical (unpaired) electrons. The standard InChI is InChI=1S/C16H13NO3S/c18-16-14(11-13-7-4-10-21-13)17-15(20-16)8-9-19-12-5-2-1-3-6-12/h1-7,10-11H,8-9H2/b14-11+. The Morgan fingerprint density at radius 1 is 1.19 bits per heavy atom. The molecule has 5 heteroatoms. The number of cyclic esters (lactones) is 1. The molecular weight excluding hydrogens is 286 g/mol. The molecule has 1 aliphatic rings. The molecule has 0 aliphatic carbocycles. The van der Waals surface area contributed by atoms with Crippen molar-refractivity contribution < 1.29 is 14.3 Å². The Hall–Kier alpha value is -2.40. The van der Waals surface area contributed by atoms with E-state index in [-0.39, 0.29) is 0 Å². The van der Waals surface area contributed by atoms with Crippen molar-refractivity contribution in [1.82, 2.24) is 0 Å². The van der Waals surface area contributed by atoms with Crippen LogP contribution in [-0.2, 0) is 9.53 Å². The van der Waals surface area contributed by atoms with Crippen molar-refractivity contribution in [2.24, 2.45) is 4.99 Å². The Labute approximate surface area is 126 Å². The summed E-state index contributed by atoms with van der Waals surface area (Å²) in [5, 5.41) is 1.95. The van der Waals surface area contributed by atoms with Gasteiger partial charge in [0, 0.05) is 4.88 Å². The van der Waals surface area contributed by atoms with Crippen LogP contribution in [0.3, 0.4) is 0 Å². The molecule has 0 unspecified atom stereocenters. The summed E-state index contributed by atoms with van der Waals surface area (Å²) in [5.74, 6) is 0.786. The highest BCUT2D eigenvalue weighted by molar-refractivity contribution is 7.10. The maximum atomic E-state index is 11.7. The molecule has 2 aromatic rings. The van der Waals surface area contributed by atoms with E-state index in [0.717, 1.165) is 10.6 Å². The van der Waals surface area contributed by atoms with Gasteiger partial charge in [0.2, 0.25) is 5.90 Å². The molecule has 4 nitrogen and oxygen atoms in total. The minimum atomic E-state index is -0.405. The summed E-state index contributed by atoms with van der Waals surface area (Å²) in [4.78, 5) is 16.9. The first-order chi connectivity index (χ1) is 10.3. The number of nitrogens with zero attached hydrogens (tertiary/aromatic N) is 1. The van der Waals surface area contributed by atoms with Crippen LogP contribution >= 0.6 is 11.3 Å². The van der Waals surface area contributed by atoms with Crippen molar-refractivity contribution in [3.63, 3.8) is 0 Å². The lowest BCUT2D eigenvalue weighted by Crippen LogP contribution is -2.08. The van der Waals surface area contributed by atoms with Gasteiger partial charge in [0.05, 0.1) is 13.0 Å². The third-order valence-electron chi connectivity index (χ3n) is 2.81. The average Bonchev–Trinajstić information content (AvgIpc) is 3.11. The van der Waals surface area contributed by atoms with E-state index in [4.69, 9.17) is 9.47 Å². The Kier molecular flexibility index (Phi) is 4.12. The number of carbonyl (C=O) groups is 1. The first-order valence-corrected chi connectivity index (χ1v) is 7.42. The predicted octanol–water partition coefficient (Wildman–Crippen LogP) is 3.51. The molecule has 106 valence electrons. The average molecular weight is 299 g/mol. The Morgan fingerprint density at radius 3 is 2.81 bits per heavy atom. The first kappa shape index (κ1) is 13.6. The first-order valence-electron chi connectivity index (χ1n) is 6.54. The molecule has 0 N–H and O–H groups in total. The zero-order valence-corrected chi connectivity index (χ0v) is 12.0. The molecule has 0 spiro atoms. The van der Waals surface area contributed by atoms with Gasteiger partial charge in [0.15, 0.2) is 5.70 Å². The van der Waals surface area contributed by atoms with E-state index in [1.807, 2.05) is 47.8 Å². The number of hydrogen-bond acceptors (Lipinski definition) is 5. The smallest absolute Gasteiger partial charge is 0.363 e. The van der Waals surface area contributed by atoms with E-state index in [9.17, 15) is 4.79 Å². The van der Waals surface area contributed by atoms with Gasteiger partial charge in [-0.3, -0.25) is 0 Å². The van der Waals surface area contributed by atoms with Crippen LogP contribution in [0.25, 0.3) is 6.08 Å². The summed E-state index contributed by atoms with van der Waals surface area (Å²) in [6, 6.07) is 13.4. The normalized spacial score (nSPS) is 15.9. The number of hydrogen-bond donors (Lipinski definition) is 0. The predicted molar refractivity (Wildman–Crippen MR) is 82.4 cm³/mol. The molecular formula is C16H13NO3S. The molecule has 3 rings (SSSR count). The van der Waals surface area contributed by atoms with Crippen LogP contribution in [0.4, 0.5) is 0 Å². The molecule has 0 fully saturated rings. The highest BCUT2D eigenvalue weighted by atomic mass is 32.1. The second kappa shape index (κ2) is 6.37. The van der Waals surface area contributed by atoms with Crippen LogP contribution in [0.5, 0.6) is 5.75 Å². The molecule has 1 aromatic heterocycles. The lowest BCUT2D eigenvalue weighted by molar-refractivity contribution is -0.130. The quantitative estimate of drug-likeness (QED) is 0.627. The van der Waals surface area contributed by atoms with Crippen molar-refractivity contribution in [1.29, 1.82) is 0 Å². The van der Waals surface area contributed by atoms with Crippen molar-refractivity contribution in [2.75, 3.05) is 6.61 Å². The molecule has 0 amide bonds. The molecule has 0 saturated heterocycles. The number of ether oxygens (including phenoxy) is 2. The zero-order chi connectivity index (χ0) is 14.5. The van der Waals surface area contributed by atoms with Gasteiger partial charge in [0.1, 0.15) is 5.75 Å². The fourth-order valence-corrected chi connectivity index (χ4v) is 2.49. The van der Waals surface area contributed by atoms with Gasteiger partial charge in [-0.15, -0.1) is 11.3 Å². The number of esters is 1. The fraction of sp³-hybridized carbons (Fsp3) is 0.125. The van der Waals surface area contributed by atoms with E-state index >= 15 is 0 Å². The van der Waals surface area contributed by atoms with Crippen molar-refractivity contribution in [3.8, 4) is 5.75 Å². The van der Waals surface area contributed by atoms with Gasteiger partial charge in [-0.05, 0) is 29.7 Å². The number of thiophene rings is 1. The van der Waals surface area contributed by atoms with Crippen molar-refractivity contribution in [2.45, 2.75) is 6.42 Å². The monoisotopic (exact) mass is 299 g/mol. The molecule has 21 heavy (non-hydrogen) atoms. The topological polar surface area (TPSA) is 47.9 Å². The van der Waals surface area contributed by atoms with Gasteiger partial charge in [-0.1, -0.05) is 24.3 Å². The Morgan fingerprint density at radius 2 is 2.05 bits per heavy atom. The van der Waals surface area contributed by atoms with E-state index < -0.39 is 5.97 Å². The summed E-state index contributed by atoms with van der Waals surface area (Å²) < 4.78 is 10.7. The minimum Gasteiger partial charge on any atom is -0.493 e. The largest absolute Gasteiger partial charge is 0.493 e. The number of benzene rings is 1. The van der Waals surface area contributed by atoms with Crippen LogP contribution in [0.2, 0.25) is 0 Å². The van der Waals surface area contributed by atoms with Gasteiger partial charge >= 0.3 is 5.97 Å².